The van der Waals surface area contributed by atoms with Gasteiger partial charge in [0.1, 0.15) is 5.82 Å². The number of carbonyl (C=O) groups excluding carboxylic acids is 1. The second kappa shape index (κ2) is 7.67. The third kappa shape index (κ3) is 3.30. The molecule has 0 saturated carbocycles. The number of rotatable bonds is 1. The maximum atomic E-state index is 14.5. The second-order valence-electron chi connectivity index (χ2n) is 7.15. The lowest BCUT2D eigenvalue weighted by atomic mass is 9.74. The summed E-state index contributed by atoms with van der Waals surface area (Å²) in [6, 6.07) is 13.7. The molecule has 2 N–H and O–H groups in total. The van der Waals surface area contributed by atoms with Gasteiger partial charge in [-0.25, -0.2) is 9.18 Å². The van der Waals surface area contributed by atoms with Crippen molar-refractivity contribution in [2.24, 2.45) is 11.7 Å². The zero-order valence-corrected chi connectivity index (χ0v) is 15.5. The van der Waals surface area contributed by atoms with Crippen molar-refractivity contribution in [1.82, 2.24) is 4.90 Å². The summed E-state index contributed by atoms with van der Waals surface area (Å²) in [6.07, 6.45) is 3.42. The van der Waals surface area contributed by atoms with Crippen molar-refractivity contribution in [2.75, 3.05) is 13.1 Å². The summed E-state index contributed by atoms with van der Waals surface area (Å²) in [5.41, 5.74) is 10.1. The fourth-order valence-corrected chi connectivity index (χ4v) is 4.58. The summed E-state index contributed by atoms with van der Waals surface area (Å²) in [5.74, 6) is 0.500. The lowest BCUT2D eigenvalue weighted by Gasteiger charge is -2.36. The van der Waals surface area contributed by atoms with E-state index in [4.69, 9.17) is 5.73 Å². The number of aryl methyl sites for hydroxylation is 1. The summed E-state index contributed by atoms with van der Waals surface area (Å²) in [4.78, 5) is 13.1. The molecule has 0 spiro atoms. The van der Waals surface area contributed by atoms with E-state index in [-0.39, 0.29) is 30.2 Å². The van der Waals surface area contributed by atoms with E-state index in [9.17, 15) is 9.18 Å². The quantitative estimate of drug-likeness (QED) is 0.796. The highest BCUT2D eigenvalue weighted by Gasteiger charge is 2.34. The summed E-state index contributed by atoms with van der Waals surface area (Å²) in [6.45, 7) is 1.37. The van der Waals surface area contributed by atoms with E-state index in [2.05, 4.69) is 30.3 Å². The van der Waals surface area contributed by atoms with E-state index >= 15 is 0 Å². The maximum absolute atomic E-state index is 14.5. The van der Waals surface area contributed by atoms with E-state index < -0.39 is 0 Å². The summed E-state index contributed by atoms with van der Waals surface area (Å²) < 4.78 is 14.5. The number of hydrogen-bond donors (Lipinski definition) is 1. The molecule has 2 amide bonds. The maximum Gasteiger partial charge on any atom is 0.314 e. The lowest BCUT2D eigenvalue weighted by molar-refractivity contribution is 0.174. The van der Waals surface area contributed by atoms with Gasteiger partial charge in [0.25, 0.3) is 0 Å². The number of nitrogens with two attached hydrogens (primary N) is 1. The van der Waals surface area contributed by atoms with Gasteiger partial charge in [-0.05, 0) is 59.9 Å². The summed E-state index contributed by atoms with van der Waals surface area (Å²) in [5, 5.41) is 0. The molecule has 5 heteroatoms. The van der Waals surface area contributed by atoms with Gasteiger partial charge in [0.15, 0.2) is 0 Å². The van der Waals surface area contributed by atoms with Crippen LogP contribution in [0.1, 0.15) is 41.0 Å². The van der Waals surface area contributed by atoms with Gasteiger partial charge in [-0.3, -0.25) is 0 Å². The van der Waals surface area contributed by atoms with Crippen molar-refractivity contribution in [1.29, 1.82) is 0 Å². The number of piperidine rings is 1. The largest absolute Gasteiger partial charge is 0.351 e. The van der Waals surface area contributed by atoms with Crippen LogP contribution in [0.3, 0.4) is 0 Å². The van der Waals surface area contributed by atoms with Gasteiger partial charge in [-0.1, -0.05) is 36.4 Å². The predicted molar refractivity (Wildman–Crippen MR) is 103 cm³/mol. The summed E-state index contributed by atoms with van der Waals surface area (Å²) >= 11 is 0. The third-order valence-corrected chi connectivity index (χ3v) is 5.85. The molecule has 1 fully saturated rings. The molecule has 1 saturated heterocycles. The molecule has 2 aromatic carbocycles. The van der Waals surface area contributed by atoms with Crippen LogP contribution in [0.2, 0.25) is 0 Å². The molecule has 3 nitrogen and oxygen atoms in total. The fraction of sp³-hybridized carbons (Fsp3) is 0.381. The molecule has 0 bridgehead atoms. The molecule has 138 valence electrons. The van der Waals surface area contributed by atoms with Crippen LogP contribution in [0, 0.1) is 11.7 Å². The zero-order chi connectivity index (χ0) is 17.4. The van der Waals surface area contributed by atoms with Crippen LogP contribution < -0.4 is 5.73 Å². The Morgan fingerprint density at radius 1 is 1.00 bits per heavy atom. The number of fused-ring (bicyclic) bond motifs is 2. The van der Waals surface area contributed by atoms with Gasteiger partial charge >= 0.3 is 6.03 Å². The number of likely N-dealkylation sites (tertiary alicyclic amines) is 1. The number of primary amides is 1. The number of nitrogens with zero attached hydrogens (tertiary/aromatic N) is 1. The second-order valence-corrected chi connectivity index (χ2v) is 7.15. The molecule has 1 aliphatic heterocycles. The number of amides is 2. The van der Waals surface area contributed by atoms with E-state index in [0.29, 0.717) is 19.0 Å². The van der Waals surface area contributed by atoms with Crippen molar-refractivity contribution in [3.8, 4) is 0 Å². The third-order valence-electron chi connectivity index (χ3n) is 5.85. The van der Waals surface area contributed by atoms with Crippen LogP contribution in [-0.2, 0) is 12.8 Å². The Labute approximate surface area is 159 Å². The van der Waals surface area contributed by atoms with Gasteiger partial charge in [0, 0.05) is 19.0 Å². The number of hydrogen-bond acceptors (Lipinski definition) is 1. The Morgan fingerprint density at radius 3 is 2.42 bits per heavy atom. The Hall–Kier alpha value is -2.07. The molecule has 0 radical (unpaired) electrons. The summed E-state index contributed by atoms with van der Waals surface area (Å²) in [7, 11) is 0. The lowest BCUT2D eigenvalue weighted by Crippen LogP contribution is -2.42. The van der Waals surface area contributed by atoms with Gasteiger partial charge in [-0.2, -0.15) is 0 Å². The minimum atomic E-state index is -0.342. The Morgan fingerprint density at radius 2 is 1.69 bits per heavy atom. The SMILES string of the molecule is Cl.NC(=O)N1CCC(C2c3ccccc3CCc3c(F)cccc32)CC1. The molecule has 1 atom stereocenters. The Kier molecular flexibility index (Phi) is 5.52. The number of benzene rings is 2. The van der Waals surface area contributed by atoms with Gasteiger partial charge in [0.05, 0.1) is 0 Å². The van der Waals surface area contributed by atoms with Gasteiger partial charge in [0.2, 0.25) is 0 Å². The van der Waals surface area contributed by atoms with Crippen LogP contribution in [0.25, 0.3) is 0 Å². The number of urea groups is 1. The van der Waals surface area contributed by atoms with Crippen molar-refractivity contribution in [3.63, 3.8) is 0 Å². The first-order chi connectivity index (χ1) is 12.1. The topological polar surface area (TPSA) is 46.3 Å². The average molecular weight is 375 g/mol. The van der Waals surface area contributed by atoms with Crippen LogP contribution in [0.15, 0.2) is 42.5 Å². The molecule has 2 aromatic rings. The van der Waals surface area contributed by atoms with Crippen molar-refractivity contribution >= 4 is 18.4 Å². The smallest absolute Gasteiger partial charge is 0.314 e. The highest BCUT2D eigenvalue weighted by Crippen LogP contribution is 2.43. The molecular weight excluding hydrogens is 351 g/mol. The van der Waals surface area contributed by atoms with Crippen molar-refractivity contribution < 1.29 is 9.18 Å². The highest BCUT2D eigenvalue weighted by molar-refractivity contribution is 5.85. The van der Waals surface area contributed by atoms with Crippen LogP contribution >= 0.6 is 12.4 Å². The molecular formula is C21H24ClFN2O. The minimum Gasteiger partial charge on any atom is -0.351 e. The van der Waals surface area contributed by atoms with E-state index in [1.54, 1.807) is 11.0 Å². The molecule has 2 aliphatic rings. The Balaban J connectivity index is 0.00000196. The predicted octanol–water partition coefficient (Wildman–Crippen LogP) is 4.27. The minimum absolute atomic E-state index is 0. The standard InChI is InChI=1S/C21H23FN2O.ClH/c22-19-7-3-6-18-17(19)9-8-14-4-1-2-5-16(14)20(18)15-10-12-24(13-11-15)21(23)25;/h1-7,15,20H,8-13H2,(H2,23,25);1H. The Bertz CT molecular complexity index is 802. The monoisotopic (exact) mass is 374 g/mol. The van der Waals surface area contributed by atoms with Crippen molar-refractivity contribution in [3.05, 3.63) is 70.5 Å². The van der Waals surface area contributed by atoms with Crippen LogP contribution in [0.5, 0.6) is 0 Å². The zero-order valence-electron chi connectivity index (χ0n) is 14.7. The average Bonchev–Trinajstić information content (AvgIpc) is 2.79. The molecule has 4 rings (SSSR count). The van der Waals surface area contributed by atoms with E-state index in [1.165, 1.54) is 11.1 Å². The van der Waals surface area contributed by atoms with Gasteiger partial charge < -0.3 is 10.6 Å². The molecule has 1 aliphatic carbocycles. The normalized spacial score (nSPS) is 19.7. The van der Waals surface area contributed by atoms with E-state index in [0.717, 1.165) is 36.8 Å². The first kappa shape index (κ1) is 18.7. The number of carbonyl (C=O) groups is 1. The molecule has 26 heavy (non-hydrogen) atoms. The van der Waals surface area contributed by atoms with Crippen LogP contribution in [0.4, 0.5) is 9.18 Å². The number of halogens is 2. The molecule has 1 heterocycles. The fourth-order valence-electron chi connectivity index (χ4n) is 4.58. The molecule has 1 unspecified atom stereocenters. The van der Waals surface area contributed by atoms with E-state index in [1.807, 2.05) is 6.07 Å². The first-order valence-electron chi connectivity index (χ1n) is 9.04. The van der Waals surface area contributed by atoms with Crippen molar-refractivity contribution in [2.45, 2.75) is 31.6 Å². The molecule has 0 aromatic heterocycles. The van der Waals surface area contributed by atoms with Crippen LogP contribution in [-0.4, -0.2) is 24.0 Å². The van der Waals surface area contributed by atoms with Gasteiger partial charge in [-0.15, -0.1) is 12.4 Å². The highest BCUT2D eigenvalue weighted by atomic mass is 35.5. The first-order valence-corrected chi connectivity index (χ1v) is 9.04.